The van der Waals surface area contributed by atoms with Crippen molar-refractivity contribution in [3.8, 4) is 6.07 Å². The molecule has 0 aliphatic rings. The number of alkyl halides is 3. The maximum Gasteiger partial charge on any atom is 0.434 e. The molecule has 2 rings (SSSR count). The summed E-state index contributed by atoms with van der Waals surface area (Å²) in [5.41, 5.74) is -2.13. The van der Waals surface area contributed by atoms with E-state index in [4.69, 9.17) is 5.26 Å². The van der Waals surface area contributed by atoms with Crippen molar-refractivity contribution in [3.63, 3.8) is 0 Å². The minimum Gasteiger partial charge on any atom is -0.380 e. The van der Waals surface area contributed by atoms with Crippen LogP contribution in [0.2, 0.25) is 0 Å². The Morgan fingerprint density at radius 3 is 2.54 bits per heavy atom. The smallest absolute Gasteiger partial charge is 0.380 e. The van der Waals surface area contributed by atoms with Crippen LogP contribution in [0.3, 0.4) is 0 Å². The average Bonchev–Trinajstić information content (AvgIpc) is 2.61. The second-order valence-corrected chi connectivity index (χ2v) is 6.98. The van der Waals surface area contributed by atoms with Crippen LogP contribution in [0.25, 0.3) is 0 Å². The molecular weight excluding hydrogens is 367 g/mol. The van der Waals surface area contributed by atoms with E-state index in [2.05, 4.69) is 10.3 Å². The lowest BCUT2D eigenvalue weighted by Gasteiger charge is -2.13. The molecule has 26 heavy (non-hydrogen) atoms. The highest BCUT2D eigenvalue weighted by Crippen LogP contribution is 2.31. The first-order valence-corrected chi connectivity index (χ1v) is 9.01. The highest BCUT2D eigenvalue weighted by Gasteiger charge is 2.36. The van der Waals surface area contributed by atoms with E-state index in [9.17, 15) is 22.5 Å². The molecule has 0 fully saturated rings. The van der Waals surface area contributed by atoms with Gasteiger partial charge in [0.05, 0.1) is 22.1 Å². The Bertz CT molecular complexity index is 807. The van der Waals surface area contributed by atoms with Crippen molar-refractivity contribution in [2.24, 2.45) is 0 Å². The molecule has 0 saturated heterocycles. The Labute approximate surface area is 151 Å². The van der Waals surface area contributed by atoms with Gasteiger partial charge in [0.2, 0.25) is 0 Å². The molecule has 0 bridgehead atoms. The fourth-order valence-electron chi connectivity index (χ4n) is 2.15. The van der Waals surface area contributed by atoms with Gasteiger partial charge in [-0.3, -0.25) is 4.21 Å². The molecule has 9 heteroatoms. The number of halogens is 3. The van der Waals surface area contributed by atoms with E-state index < -0.39 is 33.7 Å². The molecule has 0 aliphatic heterocycles. The van der Waals surface area contributed by atoms with Crippen molar-refractivity contribution in [2.75, 3.05) is 11.9 Å². The van der Waals surface area contributed by atoms with Crippen molar-refractivity contribution < 1.29 is 22.5 Å². The lowest BCUT2D eigenvalue weighted by Crippen LogP contribution is -2.20. The fraction of sp³-hybridized carbons (Fsp3) is 0.294. The standard InChI is InChI=1S/C17H16F3N3O2S/c18-17(19,20)16-13(10-21)6-7-14(23-16)22-9-8-15(24)26(25)11-12-4-2-1-3-5-12/h1-7,15,24H,8-9,11H2,(H,22,23)/t15-,26?/m1/s1. The molecule has 0 radical (unpaired) electrons. The number of pyridine rings is 1. The molecule has 2 aromatic rings. The second-order valence-electron chi connectivity index (χ2n) is 5.38. The van der Waals surface area contributed by atoms with Crippen LogP contribution in [0.4, 0.5) is 19.0 Å². The minimum absolute atomic E-state index is 0.0719. The van der Waals surface area contributed by atoms with Crippen LogP contribution in [0.5, 0.6) is 0 Å². The zero-order chi connectivity index (χ0) is 19.2. The highest BCUT2D eigenvalue weighted by atomic mass is 32.2. The largest absolute Gasteiger partial charge is 0.434 e. The van der Waals surface area contributed by atoms with E-state index >= 15 is 0 Å². The first-order chi connectivity index (χ1) is 12.3. The van der Waals surface area contributed by atoms with E-state index in [1.54, 1.807) is 24.3 Å². The van der Waals surface area contributed by atoms with Crippen molar-refractivity contribution in [3.05, 3.63) is 59.3 Å². The van der Waals surface area contributed by atoms with Gasteiger partial charge in [-0.05, 0) is 17.7 Å². The molecule has 2 N–H and O–H groups in total. The van der Waals surface area contributed by atoms with E-state index in [1.165, 1.54) is 12.1 Å². The number of nitriles is 1. The summed E-state index contributed by atoms with van der Waals surface area (Å²) < 4.78 is 50.6. The van der Waals surface area contributed by atoms with Gasteiger partial charge in [-0.25, -0.2) is 4.98 Å². The van der Waals surface area contributed by atoms with E-state index in [-0.39, 0.29) is 24.5 Å². The van der Waals surface area contributed by atoms with Crippen molar-refractivity contribution in [2.45, 2.75) is 23.8 Å². The topological polar surface area (TPSA) is 86.0 Å². The van der Waals surface area contributed by atoms with Crippen LogP contribution < -0.4 is 5.32 Å². The summed E-state index contributed by atoms with van der Waals surface area (Å²) in [7, 11) is -1.53. The molecule has 1 aromatic carbocycles. The molecule has 2 atom stereocenters. The minimum atomic E-state index is -4.74. The predicted octanol–water partition coefficient (Wildman–Crippen LogP) is 3.04. The number of aliphatic hydroxyl groups excluding tert-OH is 1. The van der Waals surface area contributed by atoms with Crippen LogP contribution in [0, 0.1) is 11.3 Å². The quantitative estimate of drug-likeness (QED) is 0.768. The van der Waals surface area contributed by atoms with Gasteiger partial charge in [0, 0.05) is 13.0 Å². The summed E-state index contributed by atoms with van der Waals surface area (Å²) in [6.45, 7) is 0.0812. The monoisotopic (exact) mass is 383 g/mol. The highest BCUT2D eigenvalue weighted by molar-refractivity contribution is 7.84. The number of benzene rings is 1. The third-order valence-electron chi connectivity index (χ3n) is 3.44. The van der Waals surface area contributed by atoms with Gasteiger partial charge in [-0.1, -0.05) is 30.3 Å². The van der Waals surface area contributed by atoms with Gasteiger partial charge < -0.3 is 10.4 Å². The molecule has 1 aromatic heterocycles. The number of rotatable bonds is 7. The molecule has 0 spiro atoms. The number of hydrogen-bond acceptors (Lipinski definition) is 5. The molecule has 0 amide bonds. The van der Waals surface area contributed by atoms with E-state index in [1.807, 2.05) is 6.07 Å². The number of aliphatic hydroxyl groups is 1. The third kappa shape index (κ3) is 5.54. The number of nitrogens with zero attached hydrogens (tertiary/aromatic N) is 2. The van der Waals surface area contributed by atoms with Gasteiger partial charge in [0.25, 0.3) is 0 Å². The van der Waals surface area contributed by atoms with Crippen LogP contribution in [0.15, 0.2) is 42.5 Å². The van der Waals surface area contributed by atoms with Gasteiger partial charge in [-0.15, -0.1) is 0 Å². The molecule has 138 valence electrons. The maximum atomic E-state index is 12.9. The van der Waals surface area contributed by atoms with Crippen molar-refractivity contribution >= 4 is 16.6 Å². The Morgan fingerprint density at radius 1 is 1.23 bits per heavy atom. The number of anilines is 1. The third-order valence-corrected chi connectivity index (χ3v) is 4.90. The van der Waals surface area contributed by atoms with Crippen LogP contribution in [-0.4, -0.2) is 26.3 Å². The zero-order valence-corrected chi connectivity index (χ0v) is 14.3. The Kier molecular flexibility index (Phi) is 6.71. The lowest BCUT2D eigenvalue weighted by molar-refractivity contribution is -0.141. The van der Waals surface area contributed by atoms with Gasteiger partial charge >= 0.3 is 6.18 Å². The van der Waals surface area contributed by atoms with Crippen molar-refractivity contribution in [1.29, 1.82) is 5.26 Å². The zero-order valence-electron chi connectivity index (χ0n) is 13.5. The average molecular weight is 383 g/mol. The summed E-state index contributed by atoms with van der Waals surface area (Å²) in [5, 5.41) is 21.3. The molecule has 0 aliphatic carbocycles. The summed E-state index contributed by atoms with van der Waals surface area (Å²) in [6, 6.07) is 12.7. The summed E-state index contributed by atoms with van der Waals surface area (Å²) in [4.78, 5) is 3.41. The van der Waals surface area contributed by atoms with E-state index in [0.717, 1.165) is 11.6 Å². The Hall–Kier alpha value is -2.44. The second kappa shape index (κ2) is 8.78. The van der Waals surface area contributed by atoms with Gasteiger partial charge in [-0.2, -0.15) is 18.4 Å². The summed E-state index contributed by atoms with van der Waals surface area (Å²) in [6.07, 6.45) is -4.66. The first kappa shape index (κ1) is 19.9. The van der Waals surface area contributed by atoms with Crippen molar-refractivity contribution in [1.82, 2.24) is 4.98 Å². The summed E-state index contributed by atoms with van der Waals surface area (Å²) >= 11 is 0. The first-order valence-electron chi connectivity index (χ1n) is 7.62. The molecule has 1 unspecified atom stereocenters. The molecule has 0 saturated carbocycles. The SMILES string of the molecule is N#Cc1ccc(NCC[C@H](O)S(=O)Cc2ccccc2)nc1C(F)(F)F. The molecule has 1 heterocycles. The van der Waals surface area contributed by atoms with Crippen LogP contribution in [-0.2, 0) is 22.7 Å². The fourth-order valence-corrected chi connectivity index (χ4v) is 3.25. The van der Waals surface area contributed by atoms with Gasteiger partial charge in [0.15, 0.2) is 5.69 Å². The Balaban J connectivity index is 1.91. The Morgan fingerprint density at radius 2 is 1.92 bits per heavy atom. The van der Waals surface area contributed by atoms with E-state index in [0.29, 0.717) is 0 Å². The number of hydrogen-bond donors (Lipinski definition) is 2. The summed E-state index contributed by atoms with van der Waals surface area (Å²) in [5.74, 6) is 0.118. The molecule has 5 nitrogen and oxygen atoms in total. The number of aromatic nitrogens is 1. The predicted molar refractivity (Wildman–Crippen MR) is 91.4 cm³/mol. The normalized spacial score (nSPS) is 13.7. The maximum absolute atomic E-state index is 12.9. The molecular formula is C17H16F3N3O2S. The number of nitrogens with one attached hydrogen (secondary N) is 1. The van der Waals surface area contributed by atoms with Crippen LogP contribution in [0.1, 0.15) is 23.2 Å². The lowest BCUT2D eigenvalue weighted by atomic mass is 10.2. The van der Waals surface area contributed by atoms with Gasteiger partial charge in [0.1, 0.15) is 17.3 Å². The van der Waals surface area contributed by atoms with Crippen LogP contribution >= 0.6 is 0 Å².